The van der Waals surface area contributed by atoms with Gasteiger partial charge in [0.1, 0.15) is 5.54 Å². The highest BCUT2D eigenvalue weighted by Crippen LogP contribution is 2.23. The molecule has 1 unspecified atom stereocenters. The van der Waals surface area contributed by atoms with Gasteiger partial charge >= 0.3 is 5.97 Å². The summed E-state index contributed by atoms with van der Waals surface area (Å²) in [5, 5.41) is 3.16. The van der Waals surface area contributed by atoms with Crippen LogP contribution in [0.1, 0.15) is 25.0 Å². The summed E-state index contributed by atoms with van der Waals surface area (Å²) in [6, 6.07) is 8.00. The molecule has 0 aliphatic rings. The molecule has 0 heterocycles. The molecular formula is C15H21NO2. The number of benzene rings is 1. The standard InChI is InChI=1S/C15H21NO2/c1-5-11-16-15(3,14(17)18-4)13-9-7-12(6-2)8-10-13/h5,7-10,16H,1,6,11H2,2-4H3. The highest BCUT2D eigenvalue weighted by Gasteiger charge is 2.35. The SMILES string of the molecule is C=CCNC(C)(C(=O)OC)c1ccc(CC)cc1. The van der Waals surface area contributed by atoms with E-state index in [-0.39, 0.29) is 5.97 Å². The Hall–Kier alpha value is -1.61. The van der Waals surface area contributed by atoms with Gasteiger partial charge in [0.15, 0.2) is 0 Å². The van der Waals surface area contributed by atoms with Gasteiger partial charge in [0.2, 0.25) is 0 Å². The first-order valence-corrected chi connectivity index (χ1v) is 6.12. The van der Waals surface area contributed by atoms with E-state index in [0.717, 1.165) is 12.0 Å². The van der Waals surface area contributed by atoms with Crippen LogP contribution in [0.25, 0.3) is 0 Å². The summed E-state index contributed by atoms with van der Waals surface area (Å²) in [5.41, 5.74) is 1.30. The van der Waals surface area contributed by atoms with Crippen LogP contribution in [-0.4, -0.2) is 19.6 Å². The summed E-state index contributed by atoms with van der Waals surface area (Å²) in [6.45, 7) is 8.12. The van der Waals surface area contributed by atoms with Crippen LogP contribution in [0.2, 0.25) is 0 Å². The lowest BCUT2D eigenvalue weighted by Crippen LogP contribution is -2.47. The Morgan fingerprint density at radius 2 is 2.06 bits per heavy atom. The molecule has 0 radical (unpaired) electrons. The number of ether oxygens (including phenoxy) is 1. The summed E-state index contributed by atoms with van der Waals surface area (Å²) in [5.74, 6) is -0.298. The predicted octanol–water partition coefficient (Wildman–Crippen LogP) is 2.41. The monoisotopic (exact) mass is 247 g/mol. The van der Waals surface area contributed by atoms with Crippen LogP contribution in [0.3, 0.4) is 0 Å². The van der Waals surface area contributed by atoms with Crippen molar-refractivity contribution >= 4 is 5.97 Å². The van der Waals surface area contributed by atoms with Gasteiger partial charge < -0.3 is 4.74 Å². The van der Waals surface area contributed by atoms with E-state index < -0.39 is 5.54 Å². The van der Waals surface area contributed by atoms with Gasteiger partial charge in [0.25, 0.3) is 0 Å². The van der Waals surface area contributed by atoms with Gasteiger partial charge in [-0.15, -0.1) is 6.58 Å². The molecule has 3 heteroatoms. The zero-order valence-electron chi connectivity index (χ0n) is 11.3. The molecule has 0 aliphatic carbocycles. The minimum atomic E-state index is -0.838. The molecule has 1 aromatic carbocycles. The van der Waals surface area contributed by atoms with Gasteiger partial charge in [0, 0.05) is 6.54 Å². The second kappa shape index (κ2) is 6.36. The number of methoxy groups -OCH3 is 1. The lowest BCUT2D eigenvalue weighted by Gasteiger charge is -2.28. The van der Waals surface area contributed by atoms with Crippen molar-refractivity contribution in [3.8, 4) is 0 Å². The zero-order chi connectivity index (χ0) is 13.6. The molecule has 0 saturated carbocycles. The summed E-state index contributed by atoms with van der Waals surface area (Å²) in [7, 11) is 1.40. The minimum absolute atomic E-state index is 0.298. The van der Waals surface area contributed by atoms with Crippen LogP contribution in [0.4, 0.5) is 0 Å². The molecule has 0 amide bonds. The third-order valence-electron chi connectivity index (χ3n) is 3.13. The van der Waals surface area contributed by atoms with E-state index in [0.29, 0.717) is 6.54 Å². The van der Waals surface area contributed by atoms with Crippen LogP contribution in [0, 0.1) is 0 Å². The predicted molar refractivity (Wildman–Crippen MR) is 73.4 cm³/mol. The number of hydrogen-bond acceptors (Lipinski definition) is 3. The number of carbonyl (C=O) groups is 1. The average Bonchev–Trinajstić information content (AvgIpc) is 2.43. The maximum Gasteiger partial charge on any atom is 0.330 e. The first kappa shape index (κ1) is 14.5. The fraction of sp³-hybridized carbons (Fsp3) is 0.400. The molecule has 0 spiro atoms. The number of aryl methyl sites for hydroxylation is 1. The Bertz CT molecular complexity index is 411. The average molecular weight is 247 g/mol. The summed E-state index contributed by atoms with van der Waals surface area (Å²) in [4.78, 5) is 12.0. The minimum Gasteiger partial charge on any atom is -0.467 e. The van der Waals surface area contributed by atoms with E-state index in [9.17, 15) is 4.79 Å². The molecule has 1 atom stereocenters. The number of rotatable bonds is 6. The van der Waals surface area contributed by atoms with Crippen LogP contribution < -0.4 is 5.32 Å². The number of hydrogen-bond donors (Lipinski definition) is 1. The van der Waals surface area contributed by atoms with Crippen molar-refractivity contribution in [2.45, 2.75) is 25.8 Å². The van der Waals surface area contributed by atoms with E-state index in [4.69, 9.17) is 4.74 Å². The van der Waals surface area contributed by atoms with Crippen molar-refractivity contribution in [2.24, 2.45) is 0 Å². The number of carbonyl (C=O) groups excluding carboxylic acids is 1. The lowest BCUT2D eigenvalue weighted by atomic mass is 9.91. The molecule has 1 N–H and O–H groups in total. The van der Waals surface area contributed by atoms with E-state index >= 15 is 0 Å². The topological polar surface area (TPSA) is 38.3 Å². The Morgan fingerprint density at radius 1 is 1.44 bits per heavy atom. The molecule has 1 aromatic rings. The normalized spacial score (nSPS) is 13.7. The Labute approximate surface area is 109 Å². The fourth-order valence-electron chi connectivity index (χ4n) is 1.85. The van der Waals surface area contributed by atoms with Gasteiger partial charge in [-0.1, -0.05) is 37.3 Å². The molecule has 0 fully saturated rings. The molecule has 3 nitrogen and oxygen atoms in total. The van der Waals surface area contributed by atoms with Gasteiger partial charge in [-0.25, -0.2) is 4.79 Å². The Kier molecular flexibility index (Phi) is 5.10. The second-order valence-electron chi connectivity index (χ2n) is 4.34. The van der Waals surface area contributed by atoms with E-state index in [1.807, 2.05) is 31.2 Å². The molecule has 0 aliphatic heterocycles. The van der Waals surface area contributed by atoms with Gasteiger partial charge in [0.05, 0.1) is 7.11 Å². The van der Waals surface area contributed by atoms with Crippen LogP contribution >= 0.6 is 0 Å². The van der Waals surface area contributed by atoms with E-state index in [1.54, 1.807) is 6.08 Å². The lowest BCUT2D eigenvalue weighted by molar-refractivity contribution is -0.148. The summed E-state index contributed by atoms with van der Waals surface area (Å²) >= 11 is 0. The molecule has 18 heavy (non-hydrogen) atoms. The highest BCUT2D eigenvalue weighted by atomic mass is 16.5. The van der Waals surface area contributed by atoms with Crippen LogP contribution in [-0.2, 0) is 21.5 Å². The van der Waals surface area contributed by atoms with Crippen LogP contribution in [0.15, 0.2) is 36.9 Å². The van der Waals surface area contributed by atoms with Crippen LogP contribution in [0.5, 0.6) is 0 Å². The molecular weight excluding hydrogens is 226 g/mol. The van der Waals surface area contributed by atoms with Crippen molar-refractivity contribution in [3.63, 3.8) is 0 Å². The van der Waals surface area contributed by atoms with Gasteiger partial charge in [-0.05, 0) is 24.5 Å². The van der Waals surface area contributed by atoms with Crippen molar-refractivity contribution in [2.75, 3.05) is 13.7 Å². The number of nitrogens with one attached hydrogen (secondary N) is 1. The smallest absolute Gasteiger partial charge is 0.330 e. The van der Waals surface area contributed by atoms with Crippen molar-refractivity contribution in [1.82, 2.24) is 5.32 Å². The van der Waals surface area contributed by atoms with Crippen molar-refractivity contribution < 1.29 is 9.53 Å². The Balaban J connectivity index is 3.07. The zero-order valence-corrected chi connectivity index (χ0v) is 11.3. The quantitative estimate of drug-likeness (QED) is 0.619. The van der Waals surface area contributed by atoms with Crippen molar-refractivity contribution in [1.29, 1.82) is 0 Å². The molecule has 98 valence electrons. The van der Waals surface area contributed by atoms with Crippen molar-refractivity contribution in [3.05, 3.63) is 48.0 Å². The van der Waals surface area contributed by atoms with Gasteiger partial charge in [-0.3, -0.25) is 5.32 Å². The fourth-order valence-corrected chi connectivity index (χ4v) is 1.85. The second-order valence-corrected chi connectivity index (χ2v) is 4.34. The Morgan fingerprint density at radius 3 is 2.50 bits per heavy atom. The molecule has 0 aromatic heterocycles. The largest absolute Gasteiger partial charge is 0.467 e. The first-order valence-electron chi connectivity index (χ1n) is 6.12. The summed E-state index contributed by atoms with van der Waals surface area (Å²) < 4.78 is 4.89. The molecule has 0 saturated heterocycles. The maximum absolute atomic E-state index is 12.0. The molecule has 1 rings (SSSR count). The maximum atomic E-state index is 12.0. The van der Waals surface area contributed by atoms with E-state index in [1.165, 1.54) is 12.7 Å². The third-order valence-corrected chi connectivity index (χ3v) is 3.13. The third kappa shape index (κ3) is 2.99. The number of esters is 1. The van der Waals surface area contributed by atoms with E-state index in [2.05, 4.69) is 18.8 Å². The van der Waals surface area contributed by atoms with Gasteiger partial charge in [-0.2, -0.15) is 0 Å². The summed E-state index contributed by atoms with van der Waals surface area (Å²) in [6.07, 6.45) is 2.71. The molecule has 0 bridgehead atoms. The first-order chi connectivity index (χ1) is 8.58. The highest BCUT2D eigenvalue weighted by molar-refractivity contribution is 5.82.